The summed E-state index contributed by atoms with van der Waals surface area (Å²) >= 11 is 0. The summed E-state index contributed by atoms with van der Waals surface area (Å²) in [4.78, 5) is 0. The van der Waals surface area contributed by atoms with Gasteiger partial charge in [-0.05, 0) is 30.5 Å². The fourth-order valence-corrected chi connectivity index (χ4v) is 1.70. The van der Waals surface area contributed by atoms with Crippen LogP contribution >= 0.6 is 0 Å². The van der Waals surface area contributed by atoms with E-state index in [1.54, 1.807) is 0 Å². The Morgan fingerprint density at radius 3 is 2.47 bits per heavy atom. The van der Waals surface area contributed by atoms with Crippen LogP contribution in [0, 0.1) is 17.5 Å². The average molecular weight is 214 g/mol. The molecule has 80 valence electrons. The molecule has 1 nitrogen and oxygen atoms in total. The molecule has 1 unspecified atom stereocenters. The molecule has 1 aromatic rings. The van der Waals surface area contributed by atoms with E-state index in [1.165, 1.54) is 12.1 Å². The molecule has 0 spiro atoms. The highest BCUT2D eigenvalue weighted by Crippen LogP contribution is 2.30. The molecule has 0 aromatic heterocycles. The van der Waals surface area contributed by atoms with Gasteiger partial charge in [0.2, 0.25) is 0 Å². The van der Waals surface area contributed by atoms with Gasteiger partial charge in [-0.25, -0.2) is 13.2 Å². The van der Waals surface area contributed by atoms with Crippen LogP contribution in [-0.2, 0) is 0 Å². The quantitative estimate of drug-likeness (QED) is 0.712. The van der Waals surface area contributed by atoms with Crippen LogP contribution < -0.4 is 0 Å². The lowest BCUT2D eigenvalue weighted by Gasteiger charge is -2.04. The largest absolute Gasteiger partial charge is 0.389 e. The van der Waals surface area contributed by atoms with Gasteiger partial charge in [-0.3, -0.25) is 0 Å². The molecule has 1 atom stereocenters. The van der Waals surface area contributed by atoms with Gasteiger partial charge in [0.15, 0.2) is 17.5 Å². The third-order valence-electron chi connectivity index (χ3n) is 2.48. The number of allylic oxidation sites excluding steroid dienone is 1. The maximum atomic E-state index is 13.3. The molecule has 0 amide bonds. The average Bonchev–Trinajstić information content (AvgIpc) is 2.61. The highest BCUT2D eigenvalue weighted by molar-refractivity contribution is 5.68. The van der Waals surface area contributed by atoms with E-state index in [0.29, 0.717) is 18.4 Å². The molecule has 1 aliphatic carbocycles. The lowest BCUT2D eigenvalue weighted by molar-refractivity contribution is 0.223. The summed E-state index contributed by atoms with van der Waals surface area (Å²) in [6.45, 7) is 0. The minimum atomic E-state index is -1.46. The number of aliphatic hydroxyl groups is 1. The van der Waals surface area contributed by atoms with E-state index < -0.39 is 23.6 Å². The van der Waals surface area contributed by atoms with E-state index in [0.717, 1.165) is 6.07 Å². The first-order valence-electron chi connectivity index (χ1n) is 4.62. The topological polar surface area (TPSA) is 20.2 Å². The lowest BCUT2D eigenvalue weighted by atomic mass is 10.0. The van der Waals surface area contributed by atoms with Gasteiger partial charge < -0.3 is 5.11 Å². The Kier molecular flexibility index (Phi) is 2.52. The maximum Gasteiger partial charge on any atom is 0.195 e. The molecule has 0 saturated carbocycles. The smallest absolute Gasteiger partial charge is 0.195 e. The number of halogens is 3. The molecular weight excluding hydrogens is 205 g/mol. The lowest BCUT2D eigenvalue weighted by Crippen LogP contribution is -1.96. The van der Waals surface area contributed by atoms with E-state index in [-0.39, 0.29) is 5.56 Å². The van der Waals surface area contributed by atoms with Crippen molar-refractivity contribution in [2.45, 2.75) is 18.9 Å². The zero-order chi connectivity index (χ0) is 11.0. The Balaban J connectivity index is 2.46. The van der Waals surface area contributed by atoms with Gasteiger partial charge in [0.25, 0.3) is 0 Å². The molecule has 0 aliphatic heterocycles. The van der Waals surface area contributed by atoms with Crippen molar-refractivity contribution < 1.29 is 18.3 Å². The molecule has 4 heteroatoms. The van der Waals surface area contributed by atoms with Crippen molar-refractivity contribution in [3.8, 4) is 0 Å². The van der Waals surface area contributed by atoms with Gasteiger partial charge in [0.05, 0.1) is 6.10 Å². The fraction of sp³-hybridized carbons (Fsp3) is 0.273. The SMILES string of the molecule is OC1C=C(c2ccc(F)c(F)c2F)CC1. The summed E-state index contributed by atoms with van der Waals surface area (Å²) in [7, 11) is 0. The third-order valence-corrected chi connectivity index (χ3v) is 2.48. The Bertz CT molecular complexity index is 426. The van der Waals surface area contributed by atoms with Crippen molar-refractivity contribution in [3.05, 3.63) is 41.2 Å². The summed E-state index contributed by atoms with van der Waals surface area (Å²) in [6.07, 6.45) is 1.82. The summed E-state index contributed by atoms with van der Waals surface area (Å²) in [5.41, 5.74) is 0.560. The highest BCUT2D eigenvalue weighted by atomic mass is 19.2. The highest BCUT2D eigenvalue weighted by Gasteiger charge is 2.20. The molecule has 0 bridgehead atoms. The van der Waals surface area contributed by atoms with E-state index in [4.69, 9.17) is 0 Å². The van der Waals surface area contributed by atoms with Crippen LogP contribution in [0.3, 0.4) is 0 Å². The minimum Gasteiger partial charge on any atom is -0.389 e. The predicted octanol–water partition coefficient (Wildman–Crippen LogP) is 2.64. The number of rotatable bonds is 1. The second-order valence-electron chi connectivity index (χ2n) is 3.52. The molecule has 0 heterocycles. The minimum absolute atomic E-state index is 0.0328. The van der Waals surface area contributed by atoms with Crippen molar-refractivity contribution in [2.75, 3.05) is 0 Å². The predicted molar refractivity (Wildman–Crippen MR) is 49.5 cm³/mol. The fourth-order valence-electron chi connectivity index (χ4n) is 1.70. The molecule has 1 aromatic carbocycles. The number of hydrogen-bond donors (Lipinski definition) is 1. The van der Waals surface area contributed by atoms with Crippen LogP contribution in [0.25, 0.3) is 5.57 Å². The van der Waals surface area contributed by atoms with E-state index >= 15 is 0 Å². The molecule has 0 saturated heterocycles. The van der Waals surface area contributed by atoms with Crippen LogP contribution in [0.4, 0.5) is 13.2 Å². The molecule has 1 aliphatic rings. The summed E-state index contributed by atoms with van der Waals surface area (Å²) in [5, 5.41) is 9.21. The monoisotopic (exact) mass is 214 g/mol. The number of benzene rings is 1. The van der Waals surface area contributed by atoms with E-state index in [9.17, 15) is 18.3 Å². The molecule has 2 rings (SSSR count). The first-order valence-corrected chi connectivity index (χ1v) is 4.62. The zero-order valence-corrected chi connectivity index (χ0v) is 7.80. The Hall–Kier alpha value is -1.29. The first-order chi connectivity index (χ1) is 7.09. The summed E-state index contributed by atoms with van der Waals surface area (Å²) in [6, 6.07) is 2.08. The number of aliphatic hydroxyl groups excluding tert-OH is 1. The molecule has 0 radical (unpaired) electrons. The van der Waals surface area contributed by atoms with Gasteiger partial charge in [-0.2, -0.15) is 0 Å². The Morgan fingerprint density at radius 2 is 1.87 bits per heavy atom. The van der Waals surface area contributed by atoms with Crippen LogP contribution in [0.5, 0.6) is 0 Å². The summed E-state index contributed by atoms with van der Waals surface area (Å²) < 4.78 is 38.8. The van der Waals surface area contributed by atoms with Crippen LogP contribution in [0.2, 0.25) is 0 Å². The van der Waals surface area contributed by atoms with Crippen molar-refractivity contribution in [2.24, 2.45) is 0 Å². The molecular formula is C11H9F3O. The Labute approximate surface area is 84.9 Å². The second kappa shape index (κ2) is 3.70. The third kappa shape index (κ3) is 1.77. The second-order valence-corrected chi connectivity index (χ2v) is 3.52. The Morgan fingerprint density at radius 1 is 1.13 bits per heavy atom. The first kappa shape index (κ1) is 10.2. The van der Waals surface area contributed by atoms with Crippen LogP contribution in [0.15, 0.2) is 18.2 Å². The molecule has 1 N–H and O–H groups in total. The van der Waals surface area contributed by atoms with Crippen LogP contribution in [-0.4, -0.2) is 11.2 Å². The van der Waals surface area contributed by atoms with E-state index in [1.807, 2.05) is 0 Å². The van der Waals surface area contributed by atoms with Crippen molar-refractivity contribution in [3.63, 3.8) is 0 Å². The maximum absolute atomic E-state index is 13.3. The van der Waals surface area contributed by atoms with Crippen molar-refractivity contribution in [1.82, 2.24) is 0 Å². The molecule has 15 heavy (non-hydrogen) atoms. The summed E-state index contributed by atoms with van der Waals surface area (Å²) in [5.74, 6) is -3.85. The van der Waals surface area contributed by atoms with Crippen molar-refractivity contribution >= 4 is 5.57 Å². The van der Waals surface area contributed by atoms with Gasteiger partial charge in [-0.1, -0.05) is 6.08 Å². The van der Waals surface area contributed by atoms with Gasteiger partial charge in [-0.15, -0.1) is 0 Å². The van der Waals surface area contributed by atoms with Gasteiger partial charge in [0, 0.05) is 5.56 Å². The van der Waals surface area contributed by atoms with Crippen molar-refractivity contribution in [1.29, 1.82) is 0 Å². The zero-order valence-electron chi connectivity index (χ0n) is 7.80. The van der Waals surface area contributed by atoms with Gasteiger partial charge in [0.1, 0.15) is 0 Å². The molecule has 0 fully saturated rings. The standard InChI is InChI=1S/C11H9F3O/c12-9-4-3-8(10(13)11(9)14)6-1-2-7(15)5-6/h3-5,7,15H,1-2H2. The number of hydrogen-bond acceptors (Lipinski definition) is 1. The van der Waals surface area contributed by atoms with E-state index in [2.05, 4.69) is 0 Å². The normalized spacial score (nSPS) is 20.5. The van der Waals surface area contributed by atoms with Gasteiger partial charge >= 0.3 is 0 Å². The van der Waals surface area contributed by atoms with Crippen LogP contribution in [0.1, 0.15) is 18.4 Å².